The zero-order valence-electron chi connectivity index (χ0n) is 12.2. The van der Waals surface area contributed by atoms with E-state index >= 15 is 0 Å². The van der Waals surface area contributed by atoms with Crippen LogP contribution in [0.25, 0.3) is 0 Å². The van der Waals surface area contributed by atoms with Crippen LogP contribution < -0.4 is 5.32 Å². The zero-order valence-corrected chi connectivity index (χ0v) is 12.2. The smallest absolute Gasteiger partial charge is 0.369 e. The minimum atomic E-state index is -4.21. The van der Waals surface area contributed by atoms with Gasteiger partial charge in [0, 0.05) is 12.1 Å². The summed E-state index contributed by atoms with van der Waals surface area (Å²) in [6, 6.07) is 0.877. The molecule has 5 heteroatoms. The van der Waals surface area contributed by atoms with Crippen LogP contribution in [0.15, 0.2) is 0 Å². The summed E-state index contributed by atoms with van der Waals surface area (Å²) in [5, 5.41) is 3.65. The van der Waals surface area contributed by atoms with E-state index in [2.05, 4.69) is 12.2 Å². The summed E-state index contributed by atoms with van der Waals surface area (Å²) in [4.78, 5) is 0. The molecule has 0 radical (unpaired) electrons. The average Bonchev–Trinajstić information content (AvgIpc) is 2.36. The third-order valence-electron chi connectivity index (χ3n) is 4.52. The Morgan fingerprint density at radius 2 is 1.65 bits per heavy atom. The predicted octanol–water partition coefficient (Wildman–Crippen LogP) is 4.04. The second kappa shape index (κ2) is 7.12. The van der Waals surface area contributed by atoms with Gasteiger partial charge in [-0.2, -0.15) is 13.2 Å². The summed E-state index contributed by atoms with van der Waals surface area (Å²) in [5.41, 5.74) is 0. The van der Waals surface area contributed by atoms with E-state index in [1.807, 2.05) is 0 Å². The molecule has 0 aromatic heterocycles. The average molecular weight is 293 g/mol. The maximum Gasteiger partial charge on any atom is 0.411 e. The van der Waals surface area contributed by atoms with E-state index in [1.54, 1.807) is 0 Å². The molecular formula is C15H26F3NO. The molecule has 1 N–H and O–H groups in total. The molecule has 20 heavy (non-hydrogen) atoms. The van der Waals surface area contributed by atoms with Crippen molar-refractivity contribution in [3.05, 3.63) is 0 Å². The van der Waals surface area contributed by atoms with Crippen molar-refractivity contribution in [1.29, 1.82) is 0 Å². The monoisotopic (exact) mass is 293 g/mol. The fraction of sp³-hybridized carbons (Fsp3) is 1.00. The topological polar surface area (TPSA) is 21.3 Å². The van der Waals surface area contributed by atoms with Crippen LogP contribution in [0.5, 0.6) is 0 Å². The second-order valence-corrected chi connectivity index (χ2v) is 6.55. The van der Waals surface area contributed by atoms with Gasteiger partial charge >= 0.3 is 6.18 Å². The van der Waals surface area contributed by atoms with Crippen LogP contribution in [0, 0.1) is 5.92 Å². The van der Waals surface area contributed by atoms with Gasteiger partial charge in [0.2, 0.25) is 0 Å². The van der Waals surface area contributed by atoms with Gasteiger partial charge in [0.15, 0.2) is 0 Å². The Morgan fingerprint density at radius 3 is 2.30 bits per heavy atom. The van der Waals surface area contributed by atoms with Crippen LogP contribution in [0.3, 0.4) is 0 Å². The highest BCUT2D eigenvalue weighted by atomic mass is 19.4. The minimum absolute atomic E-state index is 0.233. The van der Waals surface area contributed by atoms with Gasteiger partial charge in [-0.3, -0.25) is 0 Å². The lowest BCUT2D eigenvalue weighted by Gasteiger charge is -2.35. The summed E-state index contributed by atoms with van der Waals surface area (Å²) in [6.07, 6.45) is 4.04. The molecule has 118 valence electrons. The summed E-state index contributed by atoms with van der Waals surface area (Å²) in [5.74, 6) is 0.766. The van der Waals surface area contributed by atoms with Crippen LogP contribution in [-0.4, -0.2) is 31.0 Å². The van der Waals surface area contributed by atoms with E-state index in [-0.39, 0.29) is 6.10 Å². The number of rotatable bonds is 4. The molecule has 2 fully saturated rings. The maximum absolute atomic E-state index is 12.2. The van der Waals surface area contributed by atoms with Crippen LogP contribution in [-0.2, 0) is 4.74 Å². The van der Waals surface area contributed by atoms with Crippen LogP contribution in [0.1, 0.15) is 58.3 Å². The number of halogens is 3. The van der Waals surface area contributed by atoms with Gasteiger partial charge in [0.05, 0.1) is 6.10 Å². The fourth-order valence-electron chi connectivity index (χ4n) is 3.58. The SMILES string of the molecule is CC1CCCC(NC2CCCC(OCC(F)(F)F)C2)C1. The van der Waals surface area contributed by atoms with Crippen molar-refractivity contribution < 1.29 is 17.9 Å². The molecule has 0 aromatic rings. The zero-order chi connectivity index (χ0) is 14.6. The molecule has 0 spiro atoms. The van der Waals surface area contributed by atoms with Gasteiger partial charge in [-0.25, -0.2) is 0 Å². The summed E-state index contributed by atoms with van der Waals surface area (Å²) in [6.45, 7) is 1.18. The Labute approximate surface area is 119 Å². The lowest BCUT2D eigenvalue weighted by molar-refractivity contribution is -0.188. The fourth-order valence-corrected chi connectivity index (χ4v) is 3.58. The molecule has 0 bridgehead atoms. The lowest BCUT2D eigenvalue weighted by atomic mass is 9.85. The summed E-state index contributed by atoms with van der Waals surface area (Å²) >= 11 is 0. The van der Waals surface area contributed by atoms with Crippen molar-refractivity contribution >= 4 is 0 Å². The molecule has 2 aliphatic carbocycles. The van der Waals surface area contributed by atoms with Crippen molar-refractivity contribution in [2.24, 2.45) is 5.92 Å². The first kappa shape index (κ1) is 16.1. The molecule has 4 atom stereocenters. The van der Waals surface area contributed by atoms with Gasteiger partial charge in [-0.05, 0) is 44.4 Å². The van der Waals surface area contributed by atoms with Gasteiger partial charge in [-0.1, -0.05) is 19.8 Å². The largest absolute Gasteiger partial charge is 0.411 e. The molecule has 0 amide bonds. The third-order valence-corrected chi connectivity index (χ3v) is 4.52. The summed E-state index contributed by atoms with van der Waals surface area (Å²) in [7, 11) is 0. The van der Waals surface area contributed by atoms with Crippen LogP contribution in [0.4, 0.5) is 13.2 Å². The van der Waals surface area contributed by atoms with E-state index in [0.717, 1.165) is 31.6 Å². The number of hydrogen-bond acceptors (Lipinski definition) is 2. The molecule has 2 nitrogen and oxygen atoms in total. The van der Waals surface area contributed by atoms with Crippen molar-refractivity contribution in [3.8, 4) is 0 Å². The van der Waals surface area contributed by atoms with Gasteiger partial charge in [0.25, 0.3) is 0 Å². The van der Waals surface area contributed by atoms with E-state index in [4.69, 9.17) is 4.74 Å². The third kappa shape index (κ3) is 5.60. The van der Waals surface area contributed by atoms with Crippen molar-refractivity contribution in [1.82, 2.24) is 5.32 Å². The molecule has 0 heterocycles. The molecule has 2 aliphatic rings. The minimum Gasteiger partial charge on any atom is -0.369 e. The van der Waals surface area contributed by atoms with Gasteiger partial charge in [0.1, 0.15) is 6.61 Å². The number of ether oxygens (including phenoxy) is 1. The van der Waals surface area contributed by atoms with Gasteiger partial charge in [-0.15, -0.1) is 0 Å². The normalized spacial score (nSPS) is 36.0. The summed E-state index contributed by atoms with van der Waals surface area (Å²) < 4.78 is 41.6. The molecule has 2 rings (SSSR count). The molecule has 2 saturated carbocycles. The standard InChI is InChI=1S/C15H26F3NO/c1-11-4-2-5-12(8-11)19-13-6-3-7-14(9-13)20-10-15(16,17)18/h11-14,19H,2-10H2,1H3. The first-order valence-electron chi connectivity index (χ1n) is 7.87. The quantitative estimate of drug-likeness (QED) is 0.844. The number of hydrogen-bond donors (Lipinski definition) is 1. The number of nitrogens with one attached hydrogen (secondary N) is 1. The second-order valence-electron chi connectivity index (χ2n) is 6.55. The molecular weight excluding hydrogens is 267 g/mol. The highest BCUT2D eigenvalue weighted by Gasteiger charge is 2.32. The molecule has 0 aliphatic heterocycles. The van der Waals surface area contributed by atoms with Crippen molar-refractivity contribution in [2.75, 3.05) is 6.61 Å². The van der Waals surface area contributed by atoms with E-state index < -0.39 is 12.8 Å². The van der Waals surface area contributed by atoms with E-state index in [9.17, 15) is 13.2 Å². The molecule has 4 unspecified atom stereocenters. The first-order valence-corrected chi connectivity index (χ1v) is 7.87. The highest BCUT2D eigenvalue weighted by molar-refractivity contribution is 4.84. The maximum atomic E-state index is 12.2. The van der Waals surface area contributed by atoms with Gasteiger partial charge < -0.3 is 10.1 Å². The first-order chi connectivity index (χ1) is 9.42. The highest BCUT2D eigenvalue weighted by Crippen LogP contribution is 2.28. The Kier molecular flexibility index (Phi) is 5.73. The molecule has 0 saturated heterocycles. The lowest BCUT2D eigenvalue weighted by Crippen LogP contribution is -2.44. The molecule has 0 aromatic carbocycles. The predicted molar refractivity (Wildman–Crippen MR) is 72.6 cm³/mol. The van der Waals surface area contributed by atoms with Crippen LogP contribution in [0.2, 0.25) is 0 Å². The Hall–Kier alpha value is -0.290. The van der Waals surface area contributed by atoms with E-state index in [0.29, 0.717) is 12.1 Å². The van der Waals surface area contributed by atoms with Crippen molar-refractivity contribution in [3.63, 3.8) is 0 Å². The Bertz CT molecular complexity index is 295. The Balaban J connectivity index is 1.72. The van der Waals surface area contributed by atoms with Crippen LogP contribution >= 0.6 is 0 Å². The number of alkyl halides is 3. The Morgan fingerprint density at radius 1 is 1.00 bits per heavy atom. The van der Waals surface area contributed by atoms with E-state index in [1.165, 1.54) is 25.7 Å². The van der Waals surface area contributed by atoms with Crippen molar-refractivity contribution in [2.45, 2.75) is 82.7 Å².